The van der Waals surface area contributed by atoms with Gasteiger partial charge in [-0.25, -0.2) is 4.98 Å². The zero-order valence-electron chi connectivity index (χ0n) is 9.48. The van der Waals surface area contributed by atoms with Gasteiger partial charge in [-0.2, -0.15) is 0 Å². The average Bonchev–Trinajstić information content (AvgIpc) is 2.34. The molecule has 0 unspecified atom stereocenters. The third-order valence-corrected chi connectivity index (χ3v) is 3.68. The summed E-state index contributed by atoms with van der Waals surface area (Å²) in [5, 5.41) is 4.83. The Kier molecular flexibility index (Phi) is 4.42. The number of benzene rings is 1. The molecule has 1 heterocycles. The standard InChI is InChI=1S/C13H13ClN2S/c1-15-9-10-5-6-12(11(14)8-10)17-13-4-2-3-7-16-13/h2-8,15H,9H2,1H3. The van der Waals surface area contributed by atoms with Crippen LogP contribution in [0.4, 0.5) is 0 Å². The first kappa shape index (κ1) is 12.4. The van der Waals surface area contributed by atoms with E-state index in [1.807, 2.05) is 37.4 Å². The monoisotopic (exact) mass is 264 g/mol. The largest absolute Gasteiger partial charge is 0.316 e. The van der Waals surface area contributed by atoms with Gasteiger partial charge in [0, 0.05) is 17.6 Å². The van der Waals surface area contributed by atoms with E-state index >= 15 is 0 Å². The van der Waals surface area contributed by atoms with Crippen molar-refractivity contribution in [2.45, 2.75) is 16.5 Å². The Morgan fingerprint density at radius 1 is 1.29 bits per heavy atom. The second-order valence-corrected chi connectivity index (χ2v) is 5.03. The van der Waals surface area contributed by atoms with Crippen LogP contribution in [-0.2, 0) is 6.54 Å². The SMILES string of the molecule is CNCc1ccc(Sc2ccccn2)c(Cl)c1. The van der Waals surface area contributed by atoms with Gasteiger partial charge in [0.05, 0.1) is 5.02 Å². The maximum Gasteiger partial charge on any atom is 0.101 e. The maximum absolute atomic E-state index is 6.24. The van der Waals surface area contributed by atoms with E-state index in [4.69, 9.17) is 11.6 Å². The fraction of sp³-hybridized carbons (Fsp3) is 0.154. The van der Waals surface area contributed by atoms with Gasteiger partial charge >= 0.3 is 0 Å². The van der Waals surface area contributed by atoms with E-state index in [-0.39, 0.29) is 0 Å². The zero-order valence-corrected chi connectivity index (χ0v) is 11.1. The van der Waals surface area contributed by atoms with Crippen LogP contribution in [0.5, 0.6) is 0 Å². The smallest absolute Gasteiger partial charge is 0.101 e. The number of pyridine rings is 1. The highest BCUT2D eigenvalue weighted by Gasteiger charge is 2.04. The lowest BCUT2D eigenvalue weighted by molar-refractivity contribution is 0.817. The van der Waals surface area contributed by atoms with Gasteiger partial charge in [0.15, 0.2) is 0 Å². The number of aromatic nitrogens is 1. The summed E-state index contributed by atoms with van der Waals surface area (Å²) in [5.41, 5.74) is 1.18. The molecular weight excluding hydrogens is 252 g/mol. The highest BCUT2D eigenvalue weighted by atomic mass is 35.5. The van der Waals surface area contributed by atoms with Crippen LogP contribution < -0.4 is 5.32 Å². The minimum absolute atomic E-state index is 0.772. The molecule has 2 aromatic rings. The Labute approximate surface area is 110 Å². The highest BCUT2D eigenvalue weighted by Crippen LogP contribution is 2.32. The lowest BCUT2D eigenvalue weighted by Crippen LogP contribution is -2.04. The van der Waals surface area contributed by atoms with Crippen LogP contribution >= 0.6 is 23.4 Å². The molecule has 0 saturated carbocycles. The van der Waals surface area contributed by atoms with Gasteiger partial charge in [0.1, 0.15) is 5.03 Å². The molecule has 0 aliphatic carbocycles. The van der Waals surface area contributed by atoms with Crippen LogP contribution in [0.15, 0.2) is 52.5 Å². The van der Waals surface area contributed by atoms with Crippen molar-refractivity contribution in [3.8, 4) is 0 Å². The minimum atomic E-state index is 0.772. The van der Waals surface area contributed by atoms with Gasteiger partial charge in [0.2, 0.25) is 0 Å². The summed E-state index contributed by atoms with van der Waals surface area (Å²) in [5.74, 6) is 0. The van der Waals surface area contributed by atoms with Crippen molar-refractivity contribution in [3.63, 3.8) is 0 Å². The summed E-state index contributed by atoms with van der Waals surface area (Å²) >= 11 is 7.82. The van der Waals surface area contributed by atoms with Gasteiger partial charge in [-0.1, -0.05) is 35.5 Å². The van der Waals surface area contributed by atoms with Crippen molar-refractivity contribution in [2.24, 2.45) is 0 Å². The molecule has 0 aliphatic heterocycles. The second kappa shape index (κ2) is 6.05. The topological polar surface area (TPSA) is 24.9 Å². The molecule has 0 bridgehead atoms. The number of rotatable bonds is 4. The second-order valence-electron chi connectivity index (χ2n) is 3.57. The van der Waals surface area contributed by atoms with E-state index in [0.717, 1.165) is 21.5 Å². The highest BCUT2D eigenvalue weighted by molar-refractivity contribution is 7.99. The first-order valence-electron chi connectivity index (χ1n) is 5.31. The number of hydrogen-bond acceptors (Lipinski definition) is 3. The third kappa shape index (κ3) is 3.46. The molecule has 0 amide bonds. The van der Waals surface area contributed by atoms with E-state index < -0.39 is 0 Å². The number of hydrogen-bond donors (Lipinski definition) is 1. The van der Waals surface area contributed by atoms with E-state index in [1.54, 1.807) is 18.0 Å². The molecule has 0 saturated heterocycles. The normalized spacial score (nSPS) is 10.5. The summed E-state index contributed by atoms with van der Waals surface area (Å²) in [6, 6.07) is 12.0. The predicted molar refractivity (Wildman–Crippen MR) is 72.6 cm³/mol. The molecule has 1 aromatic carbocycles. The van der Waals surface area contributed by atoms with E-state index in [9.17, 15) is 0 Å². The summed E-state index contributed by atoms with van der Waals surface area (Å²) in [7, 11) is 1.92. The Morgan fingerprint density at radius 3 is 2.82 bits per heavy atom. The van der Waals surface area contributed by atoms with E-state index in [2.05, 4.69) is 16.4 Å². The van der Waals surface area contributed by atoms with Crippen LogP contribution in [-0.4, -0.2) is 12.0 Å². The minimum Gasteiger partial charge on any atom is -0.316 e. The van der Waals surface area contributed by atoms with Crippen LogP contribution in [0.25, 0.3) is 0 Å². The van der Waals surface area contributed by atoms with Crippen molar-refractivity contribution < 1.29 is 0 Å². The average molecular weight is 265 g/mol. The van der Waals surface area contributed by atoms with Crippen molar-refractivity contribution in [1.82, 2.24) is 10.3 Å². The molecule has 0 aliphatic rings. The van der Waals surface area contributed by atoms with E-state index in [1.165, 1.54) is 5.56 Å². The molecule has 88 valence electrons. The first-order chi connectivity index (χ1) is 8.29. The molecule has 0 fully saturated rings. The summed E-state index contributed by atoms with van der Waals surface area (Å²) in [6.07, 6.45) is 1.78. The lowest BCUT2D eigenvalue weighted by Gasteiger charge is -2.06. The van der Waals surface area contributed by atoms with Gasteiger partial charge < -0.3 is 5.32 Å². The van der Waals surface area contributed by atoms with Crippen LogP contribution in [0, 0.1) is 0 Å². The van der Waals surface area contributed by atoms with E-state index in [0.29, 0.717) is 0 Å². The zero-order chi connectivity index (χ0) is 12.1. The number of nitrogens with one attached hydrogen (secondary N) is 1. The van der Waals surface area contributed by atoms with Gasteiger partial charge in [-0.05, 0) is 36.9 Å². The quantitative estimate of drug-likeness (QED) is 0.913. The Morgan fingerprint density at radius 2 is 2.18 bits per heavy atom. The Bertz CT molecular complexity index is 488. The molecule has 17 heavy (non-hydrogen) atoms. The fourth-order valence-electron chi connectivity index (χ4n) is 1.46. The maximum atomic E-state index is 6.24. The van der Waals surface area contributed by atoms with Crippen molar-refractivity contribution >= 4 is 23.4 Å². The van der Waals surface area contributed by atoms with Gasteiger partial charge in [-0.15, -0.1) is 0 Å². The Balaban J connectivity index is 2.17. The van der Waals surface area contributed by atoms with Crippen molar-refractivity contribution in [1.29, 1.82) is 0 Å². The molecule has 2 nitrogen and oxygen atoms in total. The van der Waals surface area contributed by atoms with Gasteiger partial charge in [0.25, 0.3) is 0 Å². The lowest BCUT2D eigenvalue weighted by atomic mass is 10.2. The molecule has 2 rings (SSSR count). The summed E-state index contributed by atoms with van der Waals surface area (Å²) in [6.45, 7) is 0.828. The molecule has 0 atom stereocenters. The van der Waals surface area contributed by atoms with Crippen LogP contribution in [0.3, 0.4) is 0 Å². The van der Waals surface area contributed by atoms with Gasteiger partial charge in [-0.3, -0.25) is 0 Å². The van der Waals surface area contributed by atoms with Crippen molar-refractivity contribution in [3.05, 3.63) is 53.2 Å². The summed E-state index contributed by atoms with van der Waals surface area (Å²) < 4.78 is 0. The molecule has 1 N–H and O–H groups in total. The molecule has 1 aromatic heterocycles. The third-order valence-electron chi connectivity index (χ3n) is 2.23. The summed E-state index contributed by atoms with van der Waals surface area (Å²) in [4.78, 5) is 5.30. The number of halogens is 1. The molecule has 4 heteroatoms. The van der Waals surface area contributed by atoms with Crippen LogP contribution in [0.2, 0.25) is 5.02 Å². The fourth-order valence-corrected chi connectivity index (χ4v) is 2.56. The molecular formula is C13H13ClN2S. The number of nitrogens with zero attached hydrogens (tertiary/aromatic N) is 1. The predicted octanol–water partition coefficient (Wildman–Crippen LogP) is 3.61. The van der Waals surface area contributed by atoms with Crippen LogP contribution in [0.1, 0.15) is 5.56 Å². The van der Waals surface area contributed by atoms with Crippen molar-refractivity contribution in [2.75, 3.05) is 7.05 Å². The molecule has 0 spiro atoms. The first-order valence-corrected chi connectivity index (χ1v) is 6.51. The molecule has 0 radical (unpaired) electrons. The Hall–Kier alpha value is -1.03.